The van der Waals surface area contributed by atoms with Crippen LogP contribution in [0.25, 0.3) is 0 Å². The molecule has 7 heteroatoms. The summed E-state index contributed by atoms with van der Waals surface area (Å²) in [5.74, 6) is 0.534. The first kappa shape index (κ1) is 16.9. The molecule has 0 amide bonds. The van der Waals surface area contributed by atoms with E-state index in [1.165, 1.54) is 27.4 Å². The third-order valence-electron chi connectivity index (χ3n) is 4.64. The van der Waals surface area contributed by atoms with Crippen molar-refractivity contribution in [3.05, 3.63) is 28.5 Å². The fourth-order valence-corrected chi connectivity index (χ4v) is 3.71. The van der Waals surface area contributed by atoms with E-state index >= 15 is 0 Å². The van der Waals surface area contributed by atoms with Gasteiger partial charge in [0, 0.05) is 12.0 Å². The Morgan fingerprint density at radius 3 is 2.50 bits per heavy atom. The second-order valence-corrected chi connectivity index (χ2v) is 6.28. The molecule has 3 rings (SSSR count). The van der Waals surface area contributed by atoms with Gasteiger partial charge in [0.05, 0.1) is 27.4 Å². The highest BCUT2D eigenvalue weighted by atomic mass is 35.5. The van der Waals surface area contributed by atoms with E-state index in [4.69, 9.17) is 30.5 Å². The fraction of sp³-hybridized carbons (Fsp3) is 0.471. The van der Waals surface area contributed by atoms with Crippen molar-refractivity contribution in [1.82, 2.24) is 0 Å². The number of rotatable bonds is 3. The molecule has 1 aromatic rings. The molecule has 1 spiro atoms. The van der Waals surface area contributed by atoms with Crippen molar-refractivity contribution < 1.29 is 28.8 Å². The number of carbonyl (C=O) groups is 1. The Hall–Kier alpha value is -1.92. The molecule has 6 nitrogen and oxygen atoms in total. The van der Waals surface area contributed by atoms with Crippen molar-refractivity contribution in [3.8, 4) is 17.2 Å². The van der Waals surface area contributed by atoms with Crippen molar-refractivity contribution in [2.75, 3.05) is 21.3 Å². The maximum atomic E-state index is 13.3. The third-order valence-corrected chi connectivity index (χ3v) is 5.00. The van der Waals surface area contributed by atoms with Crippen LogP contribution in [-0.2, 0) is 4.74 Å². The van der Waals surface area contributed by atoms with Crippen molar-refractivity contribution in [3.63, 3.8) is 0 Å². The minimum Gasteiger partial charge on any atom is -0.497 e. The first-order valence-corrected chi connectivity index (χ1v) is 7.91. The van der Waals surface area contributed by atoms with E-state index in [1.807, 2.05) is 6.92 Å². The standard InChI is InChI=1S/C17H19ClO6/c1-8-5-9(19)6-12(23-4)17(8)16(20)13-10(21-2)7-11(22-3)14(18)15(13)24-17/h6-9,19H,5H2,1-4H3/t8-,9-,17+/m1/s1. The van der Waals surface area contributed by atoms with Crippen molar-refractivity contribution in [2.45, 2.75) is 25.0 Å². The highest BCUT2D eigenvalue weighted by Gasteiger charge is 2.59. The lowest BCUT2D eigenvalue weighted by molar-refractivity contribution is -0.00265. The second-order valence-electron chi connectivity index (χ2n) is 5.91. The summed E-state index contributed by atoms with van der Waals surface area (Å²) in [6.45, 7) is 1.83. The summed E-state index contributed by atoms with van der Waals surface area (Å²) >= 11 is 6.35. The molecule has 2 aliphatic rings. The van der Waals surface area contributed by atoms with Gasteiger partial charge in [-0.15, -0.1) is 0 Å². The smallest absolute Gasteiger partial charge is 0.230 e. The molecule has 1 aliphatic carbocycles. The van der Waals surface area contributed by atoms with Gasteiger partial charge in [0.25, 0.3) is 0 Å². The van der Waals surface area contributed by atoms with Gasteiger partial charge in [-0.05, 0) is 12.5 Å². The van der Waals surface area contributed by atoms with Crippen LogP contribution in [-0.4, -0.2) is 43.9 Å². The van der Waals surface area contributed by atoms with Gasteiger partial charge >= 0.3 is 0 Å². The predicted molar refractivity (Wildman–Crippen MR) is 87.1 cm³/mol. The maximum Gasteiger partial charge on any atom is 0.230 e. The summed E-state index contributed by atoms with van der Waals surface area (Å²) in [5.41, 5.74) is -1.10. The molecule has 0 aromatic heterocycles. The zero-order valence-electron chi connectivity index (χ0n) is 13.9. The van der Waals surface area contributed by atoms with Crippen molar-refractivity contribution >= 4 is 17.4 Å². The lowest BCUT2D eigenvalue weighted by Crippen LogP contribution is -2.52. The SMILES string of the molecule is COC1=C[C@H](O)C[C@@H](C)[C@]12Oc1c(Cl)c(OC)cc(OC)c1C2=O. The minimum atomic E-state index is -1.36. The molecule has 1 heterocycles. The third kappa shape index (κ3) is 2.09. The lowest BCUT2D eigenvalue weighted by Gasteiger charge is -2.38. The first-order valence-electron chi connectivity index (χ1n) is 7.53. The van der Waals surface area contributed by atoms with E-state index in [1.54, 1.807) is 6.07 Å². The van der Waals surface area contributed by atoms with E-state index in [-0.39, 0.29) is 33.8 Å². The molecule has 0 saturated heterocycles. The number of Topliss-reactive ketones (excluding diaryl/α,β-unsaturated/α-hetero) is 1. The fourth-order valence-electron chi connectivity index (χ4n) is 3.45. The Bertz CT molecular complexity index is 728. The Balaban J connectivity index is 2.24. The van der Waals surface area contributed by atoms with E-state index in [9.17, 15) is 9.90 Å². The van der Waals surface area contributed by atoms with Gasteiger partial charge in [0.2, 0.25) is 11.4 Å². The van der Waals surface area contributed by atoms with E-state index in [0.29, 0.717) is 17.9 Å². The average molecular weight is 355 g/mol. The largest absolute Gasteiger partial charge is 0.497 e. The first-order chi connectivity index (χ1) is 11.4. The van der Waals surface area contributed by atoms with Gasteiger partial charge in [-0.25, -0.2) is 0 Å². The highest BCUT2D eigenvalue weighted by molar-refractivity contribution is 6.35. The van der Waals surface area contributed by atoms with Crippen molar-refractivity contribution in [2.24, 2.45) is 5.92 Å². The van der Waals surface area contributed by atoms with E-state index in [0.717, 1.165) is 0 Å². The van der Waals surface area contributed by atoms with Crippen LogP contribution in [0.4, 0.5) is 0 Å². The number of halogens is 1. The van der Waals surface area contributed by atoms with Gasteiger partial charge in [-0.3, -0.25) is 4.79 Å². The van der Waals surface area contributed by atoms with E-state index in [2.05, 4.69) is 0 Å². The molecule has 0 bridgehead atoms. The Kier molecular flexibility index (Phi) is 4.13. The summed E-state index contributed by atoms with van der Waals surface area (Å²) in [7, 11) is 4.37. The number of carbonyl (C=O) groups excluding carboxylic acids is 1. The van der Waals surface area contributed by atoms with Gasteiger partial charge in [-0.2, -0.15) is 0 Å². The topological polar surface area (TPSA) is 74.2 Å². The van der Waals surface area contributed by atoms with Crippen LogP contribution >= 0.6 is 11.6 Å². The molecular weight excluding hydrogens is 336 g/mol. The molecule has 0 saturated carbocycles. The second kappa shape index (κ2) is 5.86. The summed E-state index contributed by atoms with van der Waals surface area (Å²) in [5, 5.41) is 10.2. The zero-order valence-corrected chi connectivity index (χ0v) is 14.6. The molecule has 1 aliphatic heterocycles. The van der Waals surface area contributed by atoms with Crippen LogP contribution in [0.1, 0.15) is 23.7 Å². The quantitative estimate of drug-likeness (QED) is 0.899. The van der Waals surface area contributed by atoms with Gasteiger partial charge < -0.3 is 24.1 Å². The molecule has 1 N–H and O–H groups in total. The number of ketones is 1. The molecule has 24 heavy (non-hydrogen) atoms. The number of benzene rings is 1. The Morgan fingerprint density at radius 2 is 1.92 bits per heavy atom. The molecule has 130 valence electrons. The van der Waals surface area contributed by atoms with Crippen LogP contribution in [0.2, 0.25) is 5.02 Å². The van der Waals surface area contributed by atoms with Gasteiger partial charge in [0.1, 0.15) is 27.8 Å². The number of hydrogen-bond donors (Lipinski definition) is 1. The number of ether oxygens (including phenoxy) is 4. The monoisotopic (exact) mass is 354 g/mol. The van der Waals surface area contributed by atoms with E-state index < -0.39 is 11.7 Å². The zero-order chi connectivity index (χ0) is 17.6. The molecule has 0 fully saturated rings. The predicted octanol–water partition coefficient (Wildman–Crippen LogP) is 2.60. The average Bonchev–Trinajstić information content (AvgIpc) is 2.87. The van der Waals surface area contributed by atoms with Crippen LogP contribution in [0.3, 0.4) is 0 Å². The summed E-state index contributed by atoms with van der Waals surface area (Å²) in [6.07, 6.45) is 1.16. The maximum absolute atomic E-state index is 13.3. The molecule has 3 atom stereocenters. The summed E-state index contributed by atoms with van der Waals surface area (Å²) in [4.78, 5) is 13.3. The van der Waals surface area contributed by atoms with Crippen LogP contribution in [0.15, 0.2) is 17.9 Å². The minimum absolute atomic E-state index is 0.201. The normalized spacial score (nSPS) is 28.2. The van der Waals surface area contributed by atoms with Crippen LogP contribution in [0.5, 0.6) is 17.2 Å². The molecule has 1 aromatic carbocycles. The van der Waals surface area contributed by atoms with Gasteiger partial charge in [-0.1, -0.05) is 18.5 Å². The number of fused-ring (bicyclic) bond motifs is 1. The van der Waals surface area contributed by atoms with Crippen LogP contribution in [0, 0.1) is 5.92 Å². The number of aliphatic hydroxyl groups excluding tert-OH is 1. The Morgan fingerprint density at radius 1 is 1.25 bits per heavy atom. The lowest BCUT2D eigenvalue weighted by atomic mass is 9.75. The number of methoxy groups -OCH3 is 3. The summed E-state index contributed by atoms with van der Waals surface area (Å²) in [6, 6.07) is 1.56. The molecule has 0 radical (unpaired) electrons. The number of hydrogen-bond acceptors (Lipinski definition) is 6. The Labute approximate surface area is 144 Å². The highest BCUT2D eigenvalue weighted by Crippen LogP contribution is 2.54. The molecule has 0 unspecified atom stereocenters. The van der Waals surface area contributed by atoms with Crippen molar-refractivity contribution in [1.29, 1.82) is 0 Å². The van der Waals surface area contributed by atoms with Gasteiger partial charge in [0.15, 0.2) is 5.75 Å². The van der Waals surface area contributed by atoms with Crippen LogP contribution < -0.4 is 14.2 Å². The molecular formula is C17H19ClO6. The summed E-state index contributed by atoms with van der Waals surface area (Å²) < 4.78 is 22.0. The number of aliphatic hydroxyl groups is 1.